The number of hydrogen-bond donors (Lipinski definition) is 1. The van der Waals surface area contributed by atoms with Crippen LogP contribution in [0.4, 0.5) is 0 Å². The number of amides is 1. The lowest BCUT2D eigenvalue weighted by molar-refractivity contribution is -0.925. The molecule has 3 rings (SSSR count). The molecular weight excluding hydrogens is 344 g/mol. The SMILES string of the molecule is O=C(CSCc1ccccc1)N1CC[NH+]([C@@H]2CCS(=O)(=O)C2)CC1. The second kappa shape index (κ2) is 7.89. The van der Waals surface area contributed by atoms with E-state index < -0.39 is 9.84 Å². The lowest BCUT2D eigenvalue weighted by atomic mass is 10.2. The number of sulfone groups is 1. The fourth-order valence-electron chi connectivity index (χ4n) is 3.49. The molecule has 0 radical (unpaired) electrons. The van der Waals surface area contributed by atoms with Crippen molar-refractivity contribution in [2.45, 2.75) is 18.2 Å². The Morgan fingerprint density at radius 2 is 1.92 bits per heavy atom. The van der Waals surface area contributed by atoms with E-state index in [2.05, 4.69) is 12.1 Å². The molecule has 0 aliphatic carbocycles. The highest BCUT2D eigenvalue weighted by Crippen LogP contribution is 2.13. The highest BCUT2D eigenvalue weighted by Gasteiger charge is 2.37. The standard InChI is InChI=1S/C17H24N2O3S2/c20-17(13-23-12-15-4-2-1-3-5-15)19-9-7-18(8-10-19)16-6-11-24(21,22)14-16/h1-5,16H,6-14H2/p+1/t16-/m1/s1. The van der Waals surface area contributed by atoms with Gasteiger partial charge in [0.15, 0.2) is 9.84 Å². The van der Waals surface area contributed by atoms with Crippen molar-refractivity contribution in [3.63, 3.8) is 0 Å². The van der Waals surface area contributed by atoms with Gasteiger partial charge >= 0.3 is 0 Å². The van der Waals surface area contributed by atoms with Gasteiger partial charge in [-0.25, -0.2) is 8.42 Å². The van der Waals surface area contributed by atoms with Crippen molar-refractivity contribution in [2.75, 3.05) is 43.4 Å². The molecule has 0 saturated carbocycles. The Morgan fingerprint density at radius 3 is 2.54 bits per heavy atom. The summed E-state index contributed by atoms with van der Waals surface area (Å²) in [4.78, 5) is 15.6. The number of nitrogens with zero attached hydrogens (tertiary/aromatic N) is 1. The molecule has 0 unspecified atom stereocenters. The van der Waals surface area contributed by atoms with E-state index in [-0.39, 0.29) is 11.9 Å². The van der Waals surface area contributed by atoms with Crippen molar-refractivity contribution in [1.29, 1.82) is 0 Å². The molecule has 2 aliphatic heterocycles. The Labute approximate surface area is 148 Å². The molecule has 5 nitrogen and oxygen atoms in total. The summed E-state index contributed by atoms with van der Waals surface area (Å²) in [6.07, 6.45) is 0.776. The van der Waals surface area contributed by atoms with Crippen molar-refractivity contribution < 1.29 is 18.1 Å². The van der Waals surface area contributed by atoms with E-state index in [1.807, 2.05) is 23.1 Å². The number of nitrogens with one attached hydrogen (secondary N) is 1. The Kier molecular flexibility index (Phi) is 5.84. The second-order valence-corrected chi connectivity index (χ2v) is 9.83. The number of benzene rings is 1. The summed E-state index contributed by atoms with van der Waals surface area (Å²) in [5.74, 6) is 2.23. The first kappa shape index (κ1) is 17.8. The van der Waals surface area contributed by atoms with Crippen molar-refractivity contribution in [3.05, 3.63) is 35.9 Å². The van der Waals surface area contributed by atoms with Crippen LogP contribution in [0.1, 0.15) is 12.0 Å². The summed E-state index contributed by atoms with van der Waals surface area (Å²) in [6.45, 7) is 3.23. The number of carbonyl (C=O) groups excluding carboxylic acids is 1. The zero-order chi connectivity index (χ0) is 17.0. The van der Waals surface area contributed by atoms with Crippen LogP contribution in [-0.2, 0) is 20.4 Å². The Hall–Kier alpha value is -1.05. The average molecular weight is 370 g/mol. The first-order valence-electron chi connectivity index (χ1n) is 8.48. The second-order valence-electron chi connectivity index (χ2n) is 6.62. The minimum Gasteiger partial charge on any atom is -0.331 e. The quantitative estimate of drug-likeness (QED) is 0.783. The number of piperazine rings is 1. The Bertz CT molecular complexity index is 656. The van der Waals surface area contributed by atoms with Gasteiger partial charge in [-0.05, 0) is 5.56 Å². The molecule has 2 heterocycles. The normalized spacial score (nSPS) is 24.2. The molecular formula is C17H25N2O3S2+. The largest absolute Gasteiger partial charge is 0.331 e. The third-order valence-corrected chi connectivity index (χ3v) is 7.66. The van der Waals surface area contributed by atoms with Gasteiger partial charge in [0.25, 0.3) is 0 Å². The molecule has 7 heteroatoms. The van der Waals surface area contributed by atoms with Gasteiger partial charge in [0, 0.05) is 12.2 Å². The Balaban J connectivity index is 1.39. The van der Waals surface area contributed by atoms with Crippen LogP contribution < -0.4 is 4.90 Å². The van der Waals surface area contributed by atoms with Gasteiger partial charge in [-0.3, -0.25) is 4.79 Å². The average Bonchev–Trinajstić information content (AvgIpc) is 2.96. The first-order chi connectivity index (χ1) is 11.5. The smallest absolute Gasteiger partial charge is 0.232 e. The fourth-order valence-corrected chi connectivity index (χ4v) is 6.20. The van der Waals surface area contributed by atoms with Crippen LogP contribution in [0, 0.1) is 0 Å². The summed E-state index contributed by atoms with van der Waals surface area (Å²) in [5, 5.41) is 0. The van der Waals surface area contributed by atoms with E-state index in [4.69, 9.17) is 0 Å². The predicted molar refractivity (Wildman–Crippen MR) is 96.9 cm³/mol. The van der Waals surface area contributed by atoms with Gasteiger partial charge in [0.1, 0.15) is 11.8 Å². The minimum absolute atomic E-state index is 0.203. The maximum Gasteiger partial charge on any atom is 0.232 e. The molecule has 1 N–H and O–H groups in total. The molecule has 1 aromatic carbocycles. The third-order valence-electron chi connectivity index (χ3n) is 4.91. The van der Waals surface area contributed by atoms with Crippen LogP contribution in [0.2, 0.25) is 0 Å². The van der Waals surface area contributed by atoms with Crippen LogP contribution in [0.25, 0.3) is 0 Å². The molecule has 132 valence electrons. The van der Waals surface area contributed by atoms with E-state index >= 15 is 0 Å². The van der Waals surface area contributed by atoms with Crippen LogP contribution in [0.5, 0.6) is 0 Å². The van der Waals surface area contributed by atoms with Crippen LogP contribution >= 0.6 is 11.8 Å². The summed E-state index contributed by atoms with van der Waals surface area (Å²) < 4.78 is 23.2. The summed E-state index contributed by atoms with van der Waals surface area (Å²) in [7, 11) is -2.82. The minimum atomic E-state index is -2.82. The molecule has 0 spiro atoms. The lowest BCUT2D eigenvalue weighted by Crippen LogP contribution is -3.18. The zero-order valence-corrected chi connectivity index (χ0v) is 15.4. The number of rotatable bonds is 5. The molecule has 2 saturated heterocycles. The van der Waals surface area contributed by atoms with Crippen molar-refractivity contribution >= 4 is 27.5 Å². The van der Waals surface area contributed by atoms with E-state index in [9.17, 15) is 13.2 Å². The van der Waals surface area contributed by atoms with E-state index in [1.54, 1.807) is 11.8 Å². The number of quaternary nitrogens is 1. The number of thioether (sulfide) groups is 1. The van der Waals surface area contributed by atoms with Gasteiger partial charge in [0.2, 0.25) is 5.91 Å². The van der Waals surface area contributed by atoms with Crippen LogP contribution in [0.15, 0.2) is 30.3 Å². The van der Waals surface area contributed by atoms with Gasteiger partial charge < -0.3 is 9.80 Å². The maximum absolute atomic E-state index is 12.3. The molecule has 1 aromatic rings. The highest BCUT2D eigenvalue weighted by molar-refractivity contribution is 7.99. The summed E-state index contributed by atoms with van der Waals surface area (Å²) in [6, 6.07) is 10.4. The molecule has 1 atom stereocenters. The molecule has 0 aromatic heterocycles. The fraction of sp³-hybridized carbons (Fsp3) is 0.588. The van der Waals surface area contributed by atoms with Crippen molar-refractivity contribution in [1.82, 2.24) is 4.90 Å². The van der Waals surface area contributed by atoms with Crippen LogP contribution in [0.3, 0.4) is 0 Å². The molecule has 2 aliphatic rings. The van der Waals surface area contributed by atoms with Gasteiger partial charge in [-0.1, -0.05) is 30.3 Å². The van der Waals surface area contributed by atoms with Gasteiger partial charge in [-0.2, -0.15) is 0 Å². The predicted octanol–water partition coefficient (Wildman–Crippen LogP) is -0.166. The monoisotopic (exact) mass is 369 g/mol. The van der Waals surface area contributed by atoms with E-state index in [1.165, 1.54) is 10.5 Å². The maximum atomic E-state index is 12.3. The van der Waals surface area contributed by atoms with Gasteiger partial charge in [-0.15, -0.1) is 11.8 Å². The van der Waals surface area contributed by atoms with Crippen LogP contribution in [-0.4, -0.2) is 68.7 Å². The zero-order valence-electron chi connectivity index (χ0n) is 13.8. The van der Waals surface area contributed by atoms with Crippen molar-refractivity contribution in [2.24, 2.45) is 0 Å². The molecule has 24 heavy (non-hydrogen) atoms. The lowest BCUT2D eigenvalue weighted by Gasteiger charge is -2.35. The topological polar surface area (TPSA) is 58.9 Å². The Morgan fingerprint density at radius 1 is 1.21 bits per heavy atom. The molecule has 0 bridgehead atoms. The highest BCUT2D eigenvalue weighted by atomic mass is 32.2. The van der Waals surface area contributed by atoms with Crippen molar-refractivity contribution in [3.8, 4) is 0 Å². The molecule has 1 amide bonds. The van der Waals surface area contributed by atoms with Gasteiger partial charge in [0.05, 0.1) is 37.7 Å². The summed E-state index contributed by atoms with van der Waals surface area (Å²) in [5.41, 5.74) is 1.24. The third kappa shape index (κ3) is 4.74. The first-order valence-corrected chi connectivity index (χ1v) is 11.5. The molecule has 2 fully saturated rings. The number of carbonyl (C=O) groups is 1. The summed E-state index contributed by atoms with van der Waals surface area (Å²) >= 11 is 1.66. The van der Waals surface area contributed by atoms with E-state index in [0.29, 0.717) is 17.3 Å². The number of hydrogen-bond acceptors (Lipinski definition) is 4. The van der Waals surface area contributed by atoms with E-state index in [0.717, 1.165) is 38.4 Å².